The van der Waals surface area contributed by atoms with Gasteiger partial charge in [-0.2, -0.15) is 0 Å². The molecule has 0 rings (SSSR count). The van der Waals surface area contributed by atoms with Crippen LogP contribution in [0, 0.1) is 0 Å². The van der Waals surface area contributed by atoms with Crippen LogP contribution < -0.4 is 0 Å². The van der Waals surface area contributed by atoms with Gasteiger partial charge in [0.15, 0.2) is 0 Å². The summed E-state index contributed by atoms with van der Waals surface area (Å²) in [5.41, 5.74) is 0. The molecule has 0 aromatic carbocycles. The van der Waals surface area contributed by atoms with Crippen LogP contribution in [0.5, 0.6) is 0 Å². The summed E-state index contributed by atoms with van der Waals surface area (Å²) in [5.74, 6) is -0.203. The van der Waals surface area contributed by atoms with Crippen molar-refractivity contribution < 1.29 is 19.4 Å². The van der Waals surface area contributed by atoms with Gasteiger partial charge in [-0.15, -0.1) is 0 Å². The highest BCUT2D eigenvalue weighted by Crippen LogP contribution is 2.15. The average molecular weight is 715 g/mol. The van der Waals surface area contributed by atoms with Crippen molar-refractivity contribution in [2.24, 2.45) is 0 Å². The Balaban J connectivity index is 3.42. The molecule has 4 nitrogen and oxygen atoms in total. The van der Waals surface area contributed by atoms with Crippen LogP contribution >= 0.6 is 0 Å². The summed E-state index contributed by atoms with van der Waals surface area (Å²) in [6.45, 7) is 5.26. The number of carbonyl (C=O) groups excluding carboxylic acids is 1. The molecule has 0 aliphatic heterocycles. The summed E-state index contributed by atoms with van der Waals surface area (Å²) in [6, 6.07) is 0. The Bertz CT molecular complexity index is 798. The van der Waals surface area contributed by atoms with Crippen molar-refractivity contribution >= 4 is 5.97 Å². The largest absolute Gasteiger partial charge is 0.457 e. The van der Waals surface area contributed by atoms with Crippen molar-refractivity contribution in [3.63, 3.8) is 0 Å². The lowest BCUT2D eigenvalue weighted by molar-refractivity contribution is -0.154. The first-order chi connectivity index (χ1) is 25.2. The second-order valence-electron chi connectivity index (χ2n) is 14.7. The Kier molecular flexibility index (Phi) is 43.1. The second kappa shape index (κ2) is 44.5. The topological polar surface area (TPSA) is 55.8 Å². The quantitative estimate of drug-likeness (QED) is 0.0389. The first-order valence-corrected chi connectivity index (χ1v) is 22.2. The van der Waals surface area contributed by atoms with E-state index in [0.29, 0.717) is 19.6 Å². The van der Waals surface area contributed by atoms with Gasteiger partial charge >= 0.3 is 5.97 Å². The molecule has 298 valence electrons. The van der Waals surface area contributed by atoms with E-state index in [0.717, 1.165) is 44.9 Å². The third kappa shape index (κ3) is 42.7. The minimum Gasteiger partial charge on any atom is -0.457 e. The highest BCUT2D eigenvalue weighted by Gasteiger charge is 2.13. The molecule has 0 fully saturated rings. The molecule has 0 heterocycles. The van der Waals surface area contributed by atoms with Crippen molar-refractivity contribution in [2.45, 2.75) is 225 Å². The van der Waals surface area contributed by atoms with Gasteiger partial charge in [-0.25, -0.2) is 0 Å². The number of esters is 1. The Morgan fingerprint density at radius 2 is 0.882 bits per heavy atom. The maximum atomic E-state index is 12.2. The number of aliphatic hydroxyl groups excluding tert-OH is 1. The van der Waals surface area contributed by atoms with Crippen molar-refractivity contribution in [3.8, 4) is 0 Å². The van der Waals surface area contributed by atoms with E-state index in [9.17, 15) is 9.90 Å². The van der Waals surface area contributed by atoms with E-state index in [4.69, 9.17) is 9.47 Å². The van der Waals surface area contributed by atoms with Crippen LogP contribution in [0.4, 0.5) is 0 Å². The minimum absolute atomic E-state index is 0.171. The summed E-state index contributed by atoms with van der Waals surface area (Å²) in [7, 11) is 0. The van der Waals surface area contributed by atoms with Crippen molar-refractivity contribution in [3.05, 3.63) is 48.6 Å². The van der Waals surface area contributed by atoms with E-state index in [1.807, 2.05) is 0 Å². The number of hydrogen-bond donors (Lipinski definition) is 1. The second-order valence-corrected chi connectivity index (χ2v) is 14.7. The van der Waals surface area contributed by atoms with Crippen LogP contribution in [0.2, 0.25) is 0 Å². The molecule has 4 heteroatoms. The van der Waals surface area contributed by atoms with Crippen LogP contribution in [0.3, 0.4) is 0 Å². The minimum atomic E-state index is -0.535. The first-order valence-electron chi connectivity index (χ1n) is 22.2. The lowest BCUT2D eigenvalue weighted by Crippen LogP contribution is -2.27. The number of rotatable bonds is 41. The van der Waals surface area contributed by atoms with Gasteiger partial charge in [0.2, 0.25) is 0 Å². The Labute approximate surface area is 318 Å². The molecule has 0 saturated heterocycles. The molecule has 0 radical (unpaired) electrons. The van der Waals surface area contributed by atoms with Crippen LogP contribution in [-0.2, 0) is 14.3 Å². The van der Waals surface area contributed by atoms with Crippen LogP contribution in [0.15, 0.2) is 48.6 Å². The zero-order chi connectivity index (χ0) is 37.0. The zero-order valence-electron chi connectivity index (χ0n) is 34.1. The number of carbonyl (C=O) groups is 1. The molecule has 0 aliphatic carbocycles. The molecule has 0 bridgehead atoms. The van der Waals surface area contributed by atoms with Crippen molar-refractivity contribution in [1.82, 2.24) is 0 Å². The molecular formula is C47H86O4. The van der Waals surface area contributed by atoms with Gasteiger partial charge in [-0.3, -0.25) is 4.79 Å². The van der Waals surface area contributed by atoms with E-state index in [1.165, 1.54) is 154 Å². The molecule has 0 aromatic heterocycles. The summed E-state index contributed by atoms with van der Waals surface area (Å²) < 4.78 is 11.2. The Morgan fingerprint density at radius 1 is 0.490 bits per heavy atom. The zero-order valence-corrected chi connectivity index (χ0v) is 34.1. The van der Waals surface area contributed by atoms with Crippen LogP contribution in [0.25, 0.3) is 0 Å². The van der Waals surface area contributed by atoms with Crippen LogP contribution in [-0.4, -0.2) is 37.0 Å². The molecule has 1 N–H and O–H groups in total. The van der Waals surface area contributed by atoms with Gasteiger partial charge in [0.1, 0.15) is 6.10 Å². The molecule has 0 saturated carbocycles. The van der Waals surface area contributed by atoms with Crippen LogP contribution in [0.1, 0.15) is 219 Å². The normalized spacial score (nSPS) is 12.8. The van der Waals surface area contributed by atoms with Gasteiger partial charge in [0.05, 0.1) is 13.2 Å². The smallest absolute Gasteiger partial charge is 0.306 e. The molecule has 0 aliphatic rings. The monoisotopic (exact) mass is 715 g/mol. The molecule has 0 amide bonds. The summed E-state index contributed by atoms with van der Waals surface area (Å²) in [4.78, 5) is 12.2. The van der Waals surface area contributed by atoms with Gasteiger partial charge < -0.3 is 14.6 Å². The molecule has 1 unspecified atom stereocenters. The molecular weight excluding hydrogens is 629 g/mol. The predicted molar refractivity (Wildman–Crippen MR) is 223 cm³/mol. The van der Waals surface area contributed by atoms with E-state index in [1.54, 1.807) is 0 Å². The molecule has 51 heavy (non-hydrogen) atoms. The third-order valence-electron chi connectivity index (χ3n) is 9.67. The van der Waals surface area contributed by atoms with E-state index in [2.05, 4.69) is 62.5 Å². The van der Waals surface area contributed by atoms with Gasteiger partial charge in [-0.1, -0.05) is 210 Å². The predicted octanol–water partition coefficient (Wildman–Crippen LogP) is 14.7. The third-order valence-corrected chi connectivity index (χ3v) is 9.67. The highest BCUT2D eigenvalue weighted by atomic mass is 16.6. The van der Waals surface area contributed by atoms with E-state index >= 15 is 0 Å². The van der Waals surface area contributed by atoms with Gasteiger partial charge in [0, 0.05) is 13.0 Å². The fourth-order valence-electron chi connectivity index (χ4n) is 6.38. The molecule has 1 atom stereocenters. The SMILES string of the molecule is CC/C=C\C/C=C\C/C=C\C/C=C\CCCCCCCCCCCCC(=O)OC(CO)COCCCCCCCCCCCCCCCCCC. The maximum absolute atomic E-state index is 12.2. The fraction of sp³-hybridized carbons (Fsp3) is 0.809. The number of allylic oxidation sites excluding steroid dienone is 8. The lowest BCUT2D eigenvalue weighted by Gasteiger charge is -2.16. The Hall–Kier alpha value is -1.65. The standard InChI is InChI=1S/C47H86O4/c1-3-5-7-9-11-13-15-17-19-21-22-23-24-25-26-27-28-30-32-34-36-38-40-42-47(49)51-46(44-48)45-50-43-41-39-37-35-33-31-29-20-18-16-14-12-10-8-6-4-2/h5,7,11,13,17,19,22-23,46,48H,3-4,6,8-10,12,14-16,18,20-21,24-45H2,1-2H3/b7-5-,13-11-,19-17-,23-22-. The average Bonchev–Trinajstić information content (AvgIpc) is 3.14. The first kappa shape index (κ1) is 49.4. The molecule has 0 aromatic rings. The number of unbranched alkanes of at least 4 members (excludes halogenated alkanes) is 25. The van der Waals surface area contributed by atoms with E-state index < -0.39 is 6.10 Å². The lowest BCUT2D eigenvalue weighted by atomic mass is 10.0. The van der Waals surface area contributed by atoms with Gasteiger partial charge in [-0.05, 0) is 51.4 Å². The summed E-state index contributed by atoms with van der Waals surface area (Å²) >= 11 is 0. The van der Waals surface area contributed by atoms with Crippen molar-refractivity contribution in [2.75, 3.05) is 19.8 Å². The number of aliphatic hydroxyl groups is 1. The number of ether oxygens (including phenoxy) is 2. The molecule has 0 spiro atoms. The number of hydrogen-bond acceptors (Lipinski definition) is 4. The Morgan fingerprint density at radius 3 is 1.33 bits per heavy atom. The van der Waals surface area contributed by atoms with E-state index in [-0.39, 0.29) is 12.6 Å². The summed E-state index contributed by atoms with van der Waals surface area (Å²) in [6.07, 6.45) is 57.4. The summed E-state index contributed by atoms with van der Waals surface area (Å²) in [5, 5.41) is 9.61. The van der Waals surface area contributed by atoms with Gasteiger partial charge in [0.25, 0.3) is 0 Å². The van der Waals surface area contributed by atoms with Crippen molar-refractivity contribution in [1.29, 1.82) is 0 Å². The maximum Gasteiger partial charge on any atom is 0.306 e. The fourth-order valence-corrected chi connectivity index (χ4v) is 6.38. The highest BCUT2D eigenvalue weighted by molar-refractivity contribution is 5.69.